The summed E-state index contributed by atoms with van der Waals surface area (Å²) in [6.45, 7) is 14.6. The van der Waals surface area contributed by atoms with Crippen molar-refractivity contribution in [2.45, 2.75) is 102 Å². The van der Waals surface area contributed by atoms with E-state index >= 15 is 0 Å². The largest absolute Gasteiger partial charge is 0.504 e. The van der Waals surface area contributed by atoms with Gasteiger partial charge in [0.15, 0.2) is 0 Å². The second kappa shape index (κ2) is 51.3. The molecule has 0 amide bonds. The average Bonchev–Trinajstić information content (AvgIpc) is 3.34. The van der Waals surface area contributed by atoms with E-state index in [0.717, 1.165) is 64.2 Å². The van der Waals surface area contributed by atoms with Crippen molar-refractivity contribution in [3.05, 3.63) is 0 Å². The Morgan fingerprint density at radius 1 is 0.294 bits per heavy atom. The molecular weight excluding hydrogens is 925 g/mol. The number of ketones is 1. The van der Waals surface area contributed by atoms with Crippen LogP contribution in [-0.4, -0.2) is 225 Å². The molecule has 21 heteroatoms. The fourth-order valence-electron chi connectivity index (χ4n) is 6.76. The number of carbonyl (C=O) groups is 1. The van der Waals surface area contributed by atoms with Crippen molar-refractivity contribution < 1.29 is 88.2 Å². The first-order chi connectivity index (χ1) is 33.3. The number of carbonyl (C=O) groups excluding carboxylic acids is 1. The summed E-state index contributed by atoms with van der Waals surface area (Å²) in [6, 6.07) is 0. The van der Waals surface area contributed by atoms with Gasteiger partial charge in [0, 0.05) is 66.6 Å². The van der Waals surface area contributed by atoms with Gasteiger partial charge in [0.1, 0.15) is 5.78 Å². The lowest BCUT2D eigenvalue weighted by Crippen LogP contribution is -2.51. The van der Waals surface area contributed by atoms with Gasteiger partial charge in [0.2, 0.25) is 0 Å². The van der Waals surface area contributed by atoms with Crippen LogP contribution in [0.3, 0.4) is 0 Å². The fraction of sp³-hybridized carbons (Fsp3) is 0.979. The smallest absolute Gasteiger partial charge is 0.382 e. The monoisotopic (exact) mass is 1020 g/mol. The molecule has 0 aliphatic heterocycles. The molecule has 0 aliphatic carbocycles. The lowest BCUT2D eigenvalue weighted by molar-refractivity contribution is -0.119. The molecule has 0 aromatic heterocycles. The van der Waals surface area contributed by atoms with E-state index in [1.54, 1.807) is 42.7 Å². The number of unbranched alkanes of at least 4 members (excludes halogenated alkanes) is 6. The zero-order valence-electron chi connectivity index (χ0n) is 43.9. The summed E-state index contributed by atoms with van der Waals surface area (Å²) < 4.78 is 104. The lowest BCUT2D eigenvalue weighted by Gasteiger charge is -2.34. The Kier molecular flexibility index (Phi) is 50.8. The van der Waals surface area contributed by atoms with Gasteiger partial charge >= 0.3 is 17.6 Å². The summed E-state index contributed by atoms with van der Waals surface area (Å²) >= 11 is 0. The van der Waals surface area contributed by atoms with Gasteiger partial charge in [-0.15, -0.1) is 0 Å². The van der Waals surface area contributed by atoms with E-state index < -0.39 is 17.6 Å². The highest BCUT2D eigenvalue weighted by Crippen LogP contribution is 2.32. The molecule has 0 fully saturated rings. The first-order valence-electron chi connectivity index (χ1n) is 25.1. The number of methoxy groups -OCH3 is 6. The minimum absolute atomic E-state index is 0.0258. The van der Waals surface area contributed by atoms with Crippen LogP contribution in [-0.2, 0) is 88.2 Å². The highest BCUT2D eigenvalue weighted by Gasteiger charge is 2.48. The van der Waals surface area contributed by atoms with Crippen molar-refractivity contribution in [3.8, 4) is 0 Å². The predicted octanol–water partition coefficient (Wildman–Crippen LogP) is 5.97. The lowest BCUT2D eigenvalue weighted by atomic mass is 10.0. The molecule has 0 saturated carbocycles. The third-order valence-corrected chi connectivity index (χ3v) is 17.3. The summed E-state index contributed by atoms with van der Waals surface area (Å²) in [5.74, 6) is 0.330. The van der Waals surface area contributed by atoms with Crippen LogP contribution in [0.4, 0.5) is 0 Å². The molecule has 2 atom stereocenters. The van der Waals surface area contributed by atoms with Crippen molar-refractivity contribution in [1.82, 2.24) is 0 Å². The van der Waals surface area contributed by atoms with Gasteiger partial charge in [0.05, 0.1) is 159 Å². The maximum atomic E-state index is 12.9. The predicted molar refractivity (Wildman–Crippen MR) is 263 cm³/mol. The van der Waals surface area contributed by atoms with Crippen LogP contribution in [0, 0.1) is 0 Å². The van der Waals surface area contributed by atoms with Crippen molar-refractivity contribution in [2.75, 3.05) is 201 Å². The summed E-state index contributed by atoms with van der Waals surface area (Å²) in [5, 5.41) is 0. The van der Waals surface area contributed by atoms with Gasteiger partial charge in [0.25, 0.3) is 0 Å². The van der Waals surface area contributed by atoms with Gasteiger partial charge in [-0.1, -0.05) is 52.4 Å². The van der Waals surface area contributed by atoms with Crippen LogP contribution < -0.4 is 0 Å². The van der Waals surface area contributed by atoms with Crippen LogP contribution in [0.5, 0.6) is 0 Å². The Hall–Kier alpha value is -0.616. The van der Waals surface area contributed by atoms with Gasteiger partial charge in [-0.05, 0) is 25.7 Å². The summed E-state index contributed by atoms with van der Waals surface area (Å²) in [5.41, 5.74) is 0.0517. The quantitative estimate of drug-likeness (QED) is 0.0512. The van der Waals surface area contributed by atoms with Crippen LogP contribution in [0.25, 0.3) is 0 Å². The molecule has 408 valence electrons. The van der Waals surface area contributed by atoms with Crippen LogP contribution in [0.2, 0.25) is 11.1 Å². The van der Waals surface area contributed by atoms with Gasteiger partial charge < -0.3 is 83.4 Å². The number of ether oxygens (including phenoxy) is 12. The fourth-order valence-corrected chi connectivity index (χ4v) is 12.3. The summed E-state index contributed by atoms with van der Waals surface area (Å²) in [4.78, 5) is 12.9. The van der Waals surface area contributed by atoms with Gasteiger partial charge in [-0.25, -0.2) is 0 Å². The molecule has 0 aromatic rings. The Balaban J connectivity index is 5.09. The molecule has 0 spiro atoms. The van der Waals surface area contributed by atoms with E-state index in [1.807, 2.05) is 0 Å². The van der Waals surface area contributed by atoms with E-state index in [1.165, 1.54) is 0 Å². The Bertz CT molecular complexity index is 885. The first kappa shape index (κ1) is 67.4. The Labute approximate surface area is 413 Å². The number of hydrogen-bond donors (Lipinski definition) is 0. The molecule has 0 aliphatic rings. The topological polar surface area (TPSA) is 183 Å². The van der Waals surface area contributed by atoms with Crippen LogP contribution in [0.1, 0.15) is 90.9 Å². The molecule has 0 radical (unpaired) electrons. The molecule has 2 unspecified atom stereocenters. The molecule has 0 saturated heterocycles. The van der Waals surface area contributed by atoms with Crippen molar-refractivity contribution in [1.29, 1.82) is 0 Å². The van der Waals surface area contributed by atoms with E-state index in [-0.39, 0.29) is 11.1 Å². The number of hydrogen-bond acceptors (Lipinski definition) is 19. The third-order valence-electron chi connectivity index (χ3n) is 10.7. The normalized spacial score (nSPS) is 13.2. The average molecular weight is 1020 g/mol. The molecule has 19 nitrogen and oxygen atoms in total. The van der Waals surface area contributed by atoms with Gasteiger partial charge in [-0.2, -0.15) is 0 Å². The van der Waals surface area contributed by atoms with E-state index in [9.17, 15) is 4.79 Å². The Morgan fingerprint density at radius 2 is 0.500 bits per heavy atom. The second-order valence-corrected chi connectivity index (χ2v) is 22.3. The maximum absolute atomic E-state index is 12.9. The SMILES string of the molecule is COCCOCCO[Si](OCCOCCOC)(OCCOCCOC)C(C)CCCCCCC(=O)CCCCCCC(C)[Si](OCCOCCOC)(OCCOCCOC)OCCOCCOC. The summed E-state index contributed by atoms with van der Waals surface area (Å²) in [7, 11) is 3.48. The van der Waals surface area contributed by atoms with Gasteiger partial charge in [-0.3, -0.25) is 4.79 Å². The first-order valence-corrected chi connectivity index (χ1v) is 28.7. The molecular formula is C47H98O19Si2. The second-order valence-electron chi connectivity index (χ2n) is 16.2. The van der Waals surface area contributed by atoms with Crippen LogP contribution >= 0.6 is 0 Å². The highest BCUT2D eigenvalue weighted by atomic mass is 28.4. The third kappa shape index (κ3) is 39.0. The molecule has 0 N–H and O–H groups in total. The zero-order chi connectivity index (χ0) is 49.9. The minimum Gasteiger partial charge on any atom is -0.382 e. The zero-order valence-corrected chi connectivity index (χ0v) is 45.9. The number of rotatable bonds is 58. The Morgan fingerprint density at radius 3 is 0.721 bits per heavy atom. The van der Waals surface area contributed by atoms with E-state index in [0.29, 0.717) is 177 Å². The van der Waals surface area contributed by atoms with E-state index in [2.05, 4.69) is 13.8 Å². The minimum atomic E-state index is -3.19. The van der Waals surface area contributed by atoms with Crippen molar-refractivity contribution in [3.63, 3.8) is 0 Å². The molecule has 0 bridgehead atoms. The van der Waals surface area contributed by atoms with Crippen molar-refractivity contribution >= 4 is 23.4 Å². The molecule has 68 heavy (non-hydrogen) atoms. The van der Waals surface area contributed by atoms with Crippen LogP contribution in [0.15, 0.2) is 0 Å². The maximum Gasteiger partial charge on any atom is 0.504 e. The van der Waals surface area contributed by atoms with E-state index in [4.69, 9.17) is 83.4 Å². The highest BCUT2D eigenvalue weighted by molar-refractivity contribution is 6.62. The molecule has 0 aromatic carbocycles. The summed E-state index contributed by atoms with van der Waals surface area (Å²) in [6.07, 6.45) is 10.6. The molecule has 0 heterocycles. The number of Topliss-reactive ketones (excluding diaryl/α,β-unsaturated/α-hetero) is 1. The standard InChI is InChI=1S/C47H98O19Si2/c1-45(67(61-39-33-55-27-21-49-3,62-40-34-56-28-22-50-4)63-41-35-57-29-23-51-5)17-13-9-11-15-19-47(48)20-16-12-10-14-18-46(2)68(64-42-36-58-30-24-52-6,65-43-37-59-31-25-53-7)66-44-38-60-32-26-54-8/h45-46H,9-44H2,1-8H3. The molecule has 0 rings (SSSR count). The van der Waals surface area contributed by atoms with Crippen molar-refractivity contribution in [2.24, 2.45) is 0 Å².